The summed E-state index contributed by atoms with van der Waals surface area (Å²) in [7, 11) is -3.42. The fourth-order valence-electron chi connectivity index (χ4n) is 1.99. The van der Waals surface area contributed by atoms with E-state index in [9.17, 15) is 8.42 Å². The second kappa shape index (κ2) is 6.93. The zero-order valence-corrected chi connectivity index (χ0v) is 13.6. The summed E-state index contributed by atoms with van der Waals surface area (Å²) in [6.07, 6.45) is 0.746. The normalized spacial score (nSPS) is 15.2. The highest BCUT2D eigenvalue weighted by atomic mass is 35.5. The fraction of sp³-hybridized carbons (Fsp3) is 0.538. The Bertz CT molecular complexity index is 531. The van der Waals surface area contributed by atoms with Gasteiger partial charge in [-0.3, -0.25) is 0 Å². The van der Waals surface area contributed by atoms with Crippen LogP contribution in [0.4, 0.5) is 0 Å². The summed E-state index contributed by atoms with van der Waals surface area (Å²) in [5.41, 5.74) is 0. The molecule has 0 bridgehead atoms. The van der Waals surface area contributed by atoms with Crippen LogP contribution in [0, 0.1) is 0 Å². The first-order valence-corrected chi connectivity index (χ1v) is 8.57. The number of sulfone groups is 1. The van der Waals surface area contributed by atoms with Crippen LogP contribution in [-0.2, 0) is 9.84 Å². The Labute approximate surface area is 125 Å². The van der Waals surface area contributed by atoms with Crippen molar-refractivity contribution in [3.63, 3.8) is 0 Å². The standard InChI is InChI=1S/C13H19Cl2NO2S/c1-4-13(16-5-2)9(3)19(17,18)10-6-7-11(14)12(15)8-10/h6-9,13,16H,4-5H2,1-3H3. The van der Waals surface area contributed by atoms with Gasteiger partial charge in [-0.1, -0.05) is 37.0 Å². The molecule has 1 rings (SSSR count). The van der Waals surface area contributed by atoms with E-state index in [-0.39, 0.29) is 16.0 Å². The van der Waals surface area contributed by atoms with Gasteiger partial charge >= 0.3 is 0 Å². The van der Waals surface area contributed by atoms with E-state index in [1.807, 2.05) is 13.8 Å². The second-order valence-corrected chi connectivity index (χ2v) is 7.52. The molecule has 1 N–H and O–H groups in total. The van der Waals surface area contributed by atoms with Crippen molar-refractivity contribution in [2.24, 2.45) is 0 Å². The maximum absolute atomic E-state index is 12.5. The molecule has 1 aromatic rings. The Hall–Kier alpha value is -0.290. The molecule has 2 atom stereocenters. The molecule has 0 spiro atoms. The van der Waals surface area contributed by atoms with E-state index in [1.54, 1.807) is 6.92 Å². The number of rotatable bonds is 6. The second-order valence-electron chi connectivity index (χ2n) is 4.40. The molecule has 0 heterocycles. The highest BCUT2D eigenvalue weighted by molar-refractivity contribution is 7.92. The number of nitrogens with one attached hydrogen (secondary N) is 1. The average molecular weight is 324 g/mol. The van der Waals surface area contributed by atoms with Gasteiger partial charge in [0.05, 0.1) is 20.2 Å². The predicted octanol–water partition coefficient (Wildman–Crippen LogP) is 3.54. The molecule has 0 aliphatic heterocycles. The molecule has 0 aromatic heterocycles. The minimum Gasteiger partial charge on any atom is -0.313 e. The minimum absolute atomic E-state index is 0.0792. The van der Waals surface area contributed by atoms with Crippen molar-refractivity contribution in [2.75, 3.05) is 6.54 Å². The molecule has 0 saturated heterocycles. The number of hydrogen-bond acceptors (Lipinski definition) is 3. The molecule has 1 aromatic carbocycles. The van der Waals surface area contributed by atoms with E-state index in [1.165, 1.54) is 18.2 Å². The van der Waals surface area contributed by atoms with Gasteiger partial charge in [0.15, 0.2) is 9.84 Å². The molecular weight excluding hydrogens is 305 g/mol. The van der Waals surface area contributed by atoms with Crippen molar-refractivity contribution in [3.05, 3.63) is 28.2 Å². The molecule has 19 heavy (non-hydrogen) atoms. The zero-order chi connectivity index (χ0) is 14.6. The van der Waals surface area contributed by atoms with Gasteiger partial charge in [-0.2, -0.15) is 0 Å². The molecule has 0 radical (unpaired) electrons. The summed E-state index contributed by atoms with van der Waals surface area (Å²) in [4.78, 5) is 0.214. The quantitative estimate of drug-likeness (QED) is 0.870. The van der Waals surface area contributed by atoms with Crippen molar-refractivity contribution in [1.82, 2.24) is 5.32 Å². The lowest BCUT2D eigenvalue weighted by molar-refractivity contribution is 0.483. The first kappa shape index (κ1) is 16.8. The molecule has 3 nitrogen and oxygen atoms in total. The van der Waals surface area contributed by atoms with Crippen molar-refractivity contribution < 1.29 is 8.42 Å². The van der Waals surface area contributed by atoms with Gasteiger partial charge in [0.2, 0.25) is 0 Å². The molecule has 0 aliphatic rings. The minimum atomic E-state index is -3.42. The SMILES string of the molecule is CCNC(CC)C(C)S(=O)(=O)c1ccc(Cl)c(Cl)c1. The highest BCUT2D eigenvalue weighted by Crippen LogP contribution is 2.27. The Morgan fingerprint density at radius 2 is 1.84 bits per heavy atom. The van der Waals surface area contributed by atoms with Crippen molar-refractivity contribution in [1.29, 1.82) is 0 Å². The van der Waals surface area contributed by atoms with E-state index >= 15 is 0 Å². The molecule has 0 amide bonds. The van der Waals surface area contributed by atoms with E-state index < -0.39 is 15.1 Å². The Kier molecular flexibility index (Phi) is 6.12. The van der Waals surface area contributed by atoms with Crippen LogP contribution >= 0.6 is 23.2 Å². The van der Waals surface area contributed by atoms with Crippen molar-refractivity contribution in [2.45, 2.75) is 43.4 Å². The Balaban J connectivity index is 3.11. The van der Waals surface area contributed by atoms with Crippen LogP contribution in [0.15, 0.2) is 23.1 Å². The topological polar surface area (TPSA) is 46.2 Å². The first-order chi connectivity index (χ1) is 8.84. The molecule has 0 aliphatic carbocycles. The van der Waals surface area contributed by atoms with E-state index in [0.717, 1.165) is 13.0 Å². The third-order valence-corrected chi connectivity index (χ3v) is 6.14. The maximum atomic E-state index is 12.5. The van der Waals surface area contributed by atoms with E-state index in [0.29, 0.717) is 5.02 Å². The lowest BCUT2D eigenvalue weighted by Gasteiger charge is -2.23. The molecular formula is C13H19Cl2NO2S. The van der Waals surface area contributed by atoms with Crippen LogP contribution in [0.25, 0.3) is 0 Å². The summed E-state index contributed by atoms with van der Waals surface area (Å²) in [5.74, 6) is 0. The maximum Gasteiger partial charge on any atom is 0.182 e. The van der Waals surface area contributed by atoms with Crippen LogP contribution in [-0.4, -0.2) is 26.3 Å². The predicted molar refractivity (Wildman–Crippen MR) is 80.9 cm³/mol. The number of benzene rings is 1. The van der Waals surface area contributed by atoms with Gasteiger partial charge in [0, 0.05) is 6.04 Å². The lowest BCUT2D eigenvalue weighted by atomic mass is 10.2. The van der Waals surface area contributed by atoms with Gasteiger partial charge in [0.1, 0.15) is 0 Å². The molecule has 0 saturated carbocycles. The number of hydrogen-bond donors (Lipinski definition) is 1. The van der Waals surface area contributed by atoms with Gasteiger partial charge < -0.3 is 5.32 Å². The third-order valence-electron chi connectivity index (χ3n) is 3.18. The van der Waals surface area contributed by atoms with Gasteiger partial charge in [-0.25, -0.2) is 8.42 Å². The fourth-order valence-corrected chi connectivity index (χ4v) is 4.04. The smallest absolute Gasteiger partial charge is 0.182 e. The van der Waals surface area contributed by atoms with Crippen LogP contribution < -0.4 is 5.32 Å². The van der Waals surface area contributed by atoms with Crippen LogP contribution in [0.3, 0.4) is 0 Å². The summed E-state index contributed by atoms with van der Waals surface area (Å²) >= 11 is 11.7. The Morgan fingerprint density at radius 3 is 2.32 bits per heavy atom. The first-order valence-electron chi connectivity index (χ1n) is 6.26. The van der Waals surface area contributed by atoms with E-state index in [4.69, 9.17) is 23.2 Å². The lowest BCUT2D eigenvalue weighted by Crippen LogP contribution is -2.42. The third kappa shape index (κ3) is 3.85. The van der Waals surface area contributed by atoms with Crippen molar-refractivity contribution >= 4 is 33.0 Å². The van der Waals surface area contributed by atoms with Crippen LogP contribution in [0.2, 0.25) is 10.0 Å². The summed E-state index contributed by atoms with van der Waals surface area (Å²) in [6.45, 7) is 6.38. The molecule has 6 heteroatoms. The molecule has 108 valence electrons. The van der Waals surface area contributed by atoms with Crippen LogP contribution in [0.1, 0.15) is 27.2 Å². The van der Waals surface area contributed by atoms with Crippen molar-refractivity contribution in [3.8, 4) is 0 Å². The summed E-state index contributed by atoms with van der Waals surface area (Å²) in [6, 6.07) is 4.34. The van der Waals surface area contributed by atoms with Crippen LogP contribution in [0.5, 0.6) is 0 Å². The van der Waals surface area contributed by atoms with Gasteiger partial charge in [0.25, 0.3) is 0 Å². The number of halogens is 2. The summed E-state index contributed by atoms with van der Waals surface area (Å²) in [5, 5.41) is 3.29. The summed E-state index contributed by atoms with van der Waals surface area (Å²) < 4.78 is 25.1. The zero-order valence-electron chi connectivity index (χ0n) is 11.3. The highest BCUT2D eigenvalue weighted by Gasteiger charge is 2.29. The van der Waals surface area contributed by atoms with Gasteiger partial charge in [-0.15, -0.1) is 0 Å². The van der Waals surface area contributed by atoms with Gasteiger partial charge in [-0.05, 0) is 38.1 Å². The average Bonchev–Trinajstić information content (AvgIpc) is 2.38. The molecule has 0 fully saturated rings. The Morgan fingerprint density at radius 1 is 1.21 bits per heavy atom. The molecule has 2 unspecified atom stereocenters. The monoisotopic (exact) mass is 323 g/mol. The van der Waals surface area contributed by atoms with E-state index in [2.05, 4.69) is 5.32 Å². The largest absolute Gasteiger partial charge is 0.313 e.